The monoisotopic (exact) mass is 378 g/mol. The van der Waals surface area contributed by atoms with E-state index in [4.69, 9.17) is 14.2 Å². The molecule has 0 spiro atoms. The summed E-state index contributed by atoms with van der Waals surface area (Å²) in [6.07, 6.45) is 0.809. The van der Waals surface area contributed by atoms with Gasteiger partial charge in [0.05, 0.1) is 6.61 Å². The molecule has 3 aromatic carbocycles. The second-order valence-corrected chi connectivity index (χ2v) is 7.21. The second kappa shape index (κ2) is 9.61. The van der Waals surface area contributed by atoms with Crippen LogP contribution in [0.3, 0.4) is 0 Å². The van der Waals surface area contributed by atoms with Gasteiger partial charge in [-0.1, -0.05) is 56.3 Å². The molecule has 3 heteroatoms. The minimum Gasteiger partial charge on any atom is -0.491 e. The van der Waals surface area contributed by atoms with Gasteiger partial charge in [-0.2, -0.15) is 0 Å². The second-order valence-electron chi connectivity index (χ2n) is 7.21. The maximum absolute atomic E-state index is 5.95. The third-order valence-electron chi connectivity index (χ3n) is 5.16. The zero-order valence-electron chi connectivity index (χ0n) is 17.3. The fourth-order valence-corrected chi connectivity index (χ4v) is 3.25. The van der Waals surface area contributed by atoms with Crippen molar-refractivity contribution in [3.05, 3.63) is 71.8 Å². The van der Waals surface area contributed by atoms with Crippen molar-refractivity contribution in [3.8, 4) is 11.5 Å². The SMILES string of the molecule is CCC(C)c1ccc(OC(C)OCCOc2ccc(C)c3ccccc23)cc1. The van der Waals surface area contributed by atoms with Crippen LogP contribution < -0.4 is 9.47 Å². The zero-order chi connectivity index (χ0) is 19.9. The summed E-state index contributed by atoms with van der Waals surface area (Å²) >= 11 is 0. The molecular weight excluding hydrogens is 348 g/mol. The Morgan fingerprint density at radius 1 is 0.821 bits per heavy atom. The first-order valence-electron chi connectivity index (χ1n) is 10.1. The molecule has 0 saturated heterocycles. The van der Waals surface area contributed by atoms with Crippen molar-refractivity contribution >= 4 is 10.8 Å². The topological polar surface area (TPSA) is 27.7 Å². The summed E-state index contributed by atoms with van der Waals surface area (Å²) < 4.78 is 17.5. The molecule has 3 aromatic rings. The lowest BCUT2D eigenvalue weighted by atomic mass is 9.99. The van der Waals surface area contributed by atoms with Crippen LogP contribution in [-0.4, -0.2) is 19.5 Å². The lowest BCUT2D eigenvalue weighted by molar-refractivity contribution is -0.0738. The van der Waals surface area contributed by atoms with Crippen LogP contribution in [0.2, 0.25) is 0 Å². The van der Waals surface area contributed by atoms with E-state index in [0.29, 0.717) is 19.1 Å². The quantitative estimate of drug-likeness (QED) is 0.315. The molecule has 0 aromatic heterocycles. The molecule has 0 fully saturated rings. The van der Waals surface area contributed by atoms with Gasteiger partial charge in [0.15, 0.2) is 6.29 Å². The molecule has 0 aliphatic rings. The van der Waals surface area contributed by atoms with E-state index < -0.39 is 0 Å². The Bertz CT molecular complexity index is 886. The van der Waals surface area contributed by atoms with Crippen LogP contribution in [0.25, 0.3) is 10.8 Å². The predicted octanol–water partition coefficient (Wildman–Crippen LogP) is 6.48. The predicted molar refractivity (Wildman–Crippen MR) is 115 cm³/mol. The Morgan fingerprint density at radius 3 is 2.25 bits per heavy atom. The van der Waals surface area contributed by atoms with Crippen LogP contribution in [0, 0.1) is 6.92 Å². The van der Waals surface area contributed by atoms with E-state index in [1.807, 2.05) is 31.2 Å². The van der Waals surface area contributed by atoms with E-state index in [1.165, 1.54) is 16.5 Å². The Labute approximate surface area is 168 Å². The van der Waals surface area contributed by atoms with Crippen molar-refractivity contribution in [2.45, 2.75) is 46.3 Å². The molecule has 2 atom stereocenters. The molecule has 28 heavy (non-hydrogen) atoms. The van der Waals surface area contributed by atoms with Crippen molar-refractivity contribution in [1.82, 2.24) is 0 Å². The van der Waals surface area contributed by atoms with E-state index in [1.54, 1.807) is 0 Å². The van der Waals surface area contributed by atoms with Gasteiger partial charge < -0.3 is 14.2 Å². The fraction of sp³-hybridized carbons (Fsp3) is 0.360. The lowest BCUT2D eigenvalue weighted by Crippen LogP contribution is -2.20. The molecule has 0 N–H and O–H groups in total. The largest absolute Gasteiger partial charge is 0.491 e. The highest BCUT2D eigenvalue weighted by Gasteiger charge is 2.08. The molecule has 148 valence electrons. The molecule has 0 saturated carbocycles. The number of ether oxygens (including phenoxy) is 3. The Kier molecular flexibility index (Phi) is 6.94. The number of hydrogen-bond acceptors (Lipinski definition) is 3. The van der Waals surface area contributed by atoms with E-state index in [0.717, 1.165) is 23.3 Å². The van der Waals surface area contributed by atoms with Crippen LogP contribution >= 0.6 is 0 Å². The number of aryl methyl sites for hydroxylation is 1. The Balaban J connectivity index is 1.47. The van der Waals surface area contributed by atoms with E-state index in [9.17, 15) is 0 Å². The summed E-state index contributed by atoms with van der Waals surface area (Å²) in [5, 5.41) is 2.35. The third-order valence-corrected chi connectivity index (χ3v) is 5.16. The normalized spacial score (nSPS) is 13.3. The van der Waals surface area contributed by atoms with Crippen molar-refractivity contribution < 1.29 is 14.2 Å². The number of rotatable bonds is 9. The van der Waals surface area contributed by atoms with Gasteiger partial charge in [0.25, 0.3) is 0 Å². The molecule has 0 radical (unpaired) electrons. The molecule has 0 amide bonds. The third kappa shape index (κ3) is 5.05. The molecule has 3 nitrogen and oxygen atoms in total. The van der Waals surface area contributed by atoms with Gasteiger partial charge in [0.1, 0.15) is 18.1 Å². The molecule has 0 heterocycles. The fourth-order valence-electron chi connectivity index (χ4n) is 3.25. The molecule has 0 aliphatic heterocycles. The Morgan fingerprint density at radius 2 is 1.54 bits per heavy atom. The highest BCUT2D eigenvalue weighted by molar-refractivity contribution is 5.90. The van der Waals surface area contributed by atoms with Crippen LogP contribution in [0.1, 0.15) is 44.2 Å². The average molecular weight is 379 g/mol. The Hall–Kier alpha value is -2.52. The van der Waals surface area contributed by atoms with E-state index in [-0.39, 0.29) is 6.29 Å². The summed E-state index contributed by atoms with van der Waals surface area (Å²) in [6, 6.07) is 20.7. The van der Waals surface area contributed by atoms with E-state index in [2.05, 4.69) is 57.2 Å². The standard InChI is InChI=1S/C25H30O3/c1-5-18(2)21-11-13-22(14-12-21)28-20(4)26-16-17-27-25-15-10-19(3)23-8-6-7-9-24(23)25/h6-15,18,20H,5,16-17H2,1-4H3. The molecule has 0 bridgehead atoms. The summed E-state index contributed by atoms with van der Waals surface area (Å²) in [4.78, 5) is 0. The van der Waals surface area contributed by atoms with E-state index >= 15 is 0 Å². The first-order chi connectivity index (χ1) is 13.6. The molecule has 2 unspecified atom stereocenters. The minimum absolute atomic E-state index is 0.326. The van der Waals surface area contributed by atoms with Crippen molar-refractivity contribution in [3.63, 3.8) is 0 Å². The number of hydrogen-bond donors (Lipinski definition) is 0. The van der Waals surface area contributed by atoms with Crippen molar-refractivity contribution in [2.75, 3.05) is 13.2 Å². The van der Waals surface area contributed by atoms with Gasteiger partial charge in [-0.05, 0) is 60.9 Å². The summed E-state index contributed by atoms with van der Waals surface area (Å²) in [5.74, 6) is 2.28. The van der Waals surface area contributed by atoms with Crippen LogP contribution in [0.4, 0.5) is 0 Å². The molecular formula is C25H30O3. The maximum atomic E-state index is 5.95. The number of fused-ring (bicyclic) bond motifs is 1. The molecule has 0 aliphatic carbocycles. The summed E-state index contributed by atoms with van der Waals surface area (Å²) in [7, 11) is 0. The van der Waals surface area contributed by atoms with Gasteiger partial charge in [0.2, 0.25) is 0 Å². The van der Waals surface area contributed by atoms with Gasteiger partial charge in [-0.15, -0.1) is 0 Å². The highest BCUT2D eigenvalue weighted by atomic mass is 16.7. The highest BCUT2D eigenvalue weighted by Crippen LogP contribution is 2.28. The van der Waals surface area contributed by atoms with Gasteiger partial charge >= 0.3 is 0 Å². The van der Waals surface area contributed by atoms with Crippen LogP contribution in [-0.2, 0) is 4.74 Å². The first kappa shape index (κ1) is 20.2. The van der Waals surface area contributed by atoms with Crippen molar-refractivity contribution in [2.24, 2.45) is 0 Å². The summed E-state index contributed by atoms with van der Waals surface area (Å²) in [6.45, 7) is 9.40. The molecule has 3 rings (SSSR count). The smallest absolute Gasteiger partial charge is 0.197 e. The average Bonchev–Trinajstić information content (AvgIpc) is 2.73. The number of benzene rings is 3. The van der Waals surface area contributed by atoms with Crippen LogP contribution in [0.15, 0.2) is 60.7 Å². The lowest BCUT2D eigenvalue weighted by Gasteiger charge is -2.17. The zero-order valence-corrected chi connectivity index (χ0v) is 17.3. The van der Waals surface area contributed by atoms with Gasteiger partial charge in [-0.25, -0.2) is 0 Å². The van der Waals surface area contributed by atoms with Gasteiger partial charge in [0, 0.05) is 5.39 Å². The first-order valence-corrected chi connectivity index (χ1v) is 10.1. The maximum Gasteiger partial charge on any atom is 0.197 e. The van der Waals surface area contributed by atoms with Crippen LogP contribution in [0.5, 0.6) is 11.5 Å². The van der Waals surface area contributed by atoms with Gasteiger partial charge in [-0.3, -0.25) is 0 Å². The summed E-state index contributed by atoms with van der Waals surface area (Å²) in [5.41, 5.74) is 2.59. The van der Waals surface area contributed by atoms with Crippen molar-refractivity contribution in [1.29, 1.82) is 0 Å². The minimum atomic E-state index is -0.326.